The minimum Gasteiger partial charge on any atom is -0.387 e. The zero-order valence-electron chi connectivity index (χ0n) is 20.7. The van der Waals surface area contributed by atoms with E-state index < -0.39 is 5.60 Å². The van der Waals surface area contributed by atoms with Crippen LogP contribution in [0.2, 0.25) is 0 Å². The molecule has 0 radical (unpaired) electrons. The predicted octanol–water partition coefficient (Wildman–Crippen LogP) is 5.36. The Morgan fingerprint density at radius 2 is 1.94 bits per heavy atom. The first-order valence-corrected chi connectivity index (χ1v) is 13.4. The molecule has 0 aromatic carbocycles. The number of amides is 1. The van der Waals surface area contributed by atoms with Crippen LogP contribution in [0.4, 0.5) is 5.82 Å². The van der Waals surface area contributed by atoms with Crippen LogP contribution in [0, 0.1) is 47.8 Å². The molecule has 8 unspecified atom stereocenters. The molecule has 4 aliphatic rings. The zero-order valence-corrected chi connectivity index (χ0v) is 20.7. The lowest BCUT2D eigenvalue weighted by molar-refractivity contribution is -0.135. The van der Waals surface area contributed by atoms with Crippen LogP contribution in [-0.4, -0.2) is 34.8 Å². The van der Waals surface area contributed by atoms with E-state index in [0.29, 0.717) is 30.9 Å². The summed E-state index contributed by atoms with van der Waals surface area (Å²) in [6, 6.07) is 5.82. The van der Waals surface area contributed by atoms with Gasteiger partial charge in [0.1, 0.15) is 5.82 Å². The number of fused-ring (bicyclic) bond motifs is 5. The van der Waals surface area contributed by atoms with Crippen LogP contribution in [0.1, 0.15) is 77.3 Å². The molecule has 0 spiro atoms. The molecule has 1 heterocycles. The van der Waals surface area contributed by atoms with Crippen molar-refractivity contribution in [1.82, 2.24) is 4.98 Å². The summed E-state index contributed by atoms with van der Waals surface area (Å²) >= 11 is 0. The molecule has 5 nitrogen and oxygen atoms in total. The first kappa shape index (κ1) is 23.3. The van der Waals surface area contributed by atoms with Crippen molar-refractivity contribution in [3.63, 3.8) is 0 Å². The average Bonchev–Trinajstić information content (AvgIpc) is 3.15. The fourth-order valence-electron chi connectivity index (χ4n) is 8.64. The van der Waals surface area contributed by atoms with Crippen LogP contribution in [0.25, 0.3) is 0 Å². The number of anilines is 1. The summed E-state index contributed by atoms with van der Waals surface area (Å²) < 4.78 is 5.62. The highest BCUT2D eigenvalue weighted by molar-refractivity contribution is 5.92. The molecule has 33 heavy (non-hydrogen) atoms. The van der Waals surface area contributed by atoms with E-state index in [1.165, 1.54) is 25.7 Å². The number of carbonyl (C=O) groups is 1. The van der Waals surface area contributed by atoms with Crippen LogP contribution in [0.3, 0.4) is 0 Å². The van der Waals surface area contributed by atoms with Crippen molar-refractivity contribution in [2.45, 2.75) is 84.2 Å². The Kier molecular flexibility index (Phi) is 6.32. The number of aryl methyl sites for hydroxylation is 1. The quantitative estimate of drug-likeness (QED) is 0.628. The standard InChI is InChI=1S/C28H42N2O3/c1-4-33-17-28(32)15-13-20-19(16-28)8-9-22-21(20)12-14-27(3)23(22)10-11-24(27)26(31)30-25-7-5-6-18(2)29-25/h5-7,19-24,32H,4,8-17H2,1-3H3,(H,29,30,31). The summed E-state index contributed by atoms with van der Waals surface area (Å²) in [6.45, 7) is 7.54. The second-order valence-electron chi connectivity index (χ2n) is 11.9. The average molecular weight is 455 g/mol. The smallest absolute Gasteiger partial charge is 0.229 e. The van der Waals surface area contributed by atoms with E-state index in [1.54, 1.807) is 0 Å². The molecule has 1 aromatic heterocycles. The van der Waals surface area contributed by atoms with Crippen molar-refractivity contribution in [2.75, 3.05) is 18.5 Å². The fourth-order valence-corrected chi connectivity index (χ4v) is 8.64. The highest BCUT2D eigenvalue weighted by atomic mass is 16.5. The lowest BCUT2D eigenvalue weighted by atomic mass is 9.49. The summed E-state index contributed by atoms with van der Waals surface area (Å²) in [5, 5.41) is 14.2. The minimum absolute atomic E-state index is 0.0890. The highest BCUT2D eigenvalue weighted by Gasteiger charge is 2.59. The number of pyridine rings is 1. The summed E-state index contributed by atoms with van der Waals surface area (Å²) in [7, 11) is 0. The van der Waals surface area contributed by atoms with Gasteiger partial charge < -0.3 is 15.2 Å². The van der Waals surface area contributed by atoms with Gasteiger partial charge in [-0.2, -0.15) is 0 Å². The van der Waals surface area contributed by atoms with E-state index in [0.717, 1.165) is 55.6 Å². The van der Waals surface area contributed by atoms with Crippen LogP contribution in [-0.2, 0) is 9.53 Å². The maximum Gasteiger partial charge on any atom is 0.229 e. The molecule has 0 saturated heterocycles. The van der Waals surface area contributed by atoms with Crippen LogP contribution >= 0.6 is 0 Å². The van der Waals surface area contributed by atoms with Crippen molar-refractivity contribution in [1.29, 1.82) is 0 Å². The third-order valence-corrected chi connectivity index (χ3v) is 10.1. The Labute approximate surface area is 199 Å². The minimum atomic E-state index is -0.617. The Morgan fingerprint density at radius 1 is 1.12 bits per heavy atom. The van der Waals surface area contributed by atoms with Gasteiger partial charge in [-0.1, -0.05) is 13.0 Å². The van der Waals surface area contributed by atoms with Gasteiger partial charge >= 0.3 is 0 Å². The number of hydrogen-bond acceptors (Lipinski definition) is 4. The molecule has 1 amide bonds. The van der Waals surface area contributed by atoms with Gasteiger partial charge in [-0.05, 0) is 119 Å². The maximum absolute atomic E-state index is 13.3. The summed E-state index contributed by atoms with van der Waals surface area (Å²) in [4.78, 5) is 17.8. The second kappa shape index (κ2) is 8.96. The van der Waals surface area contributed by atoms with Crippen molar-refractivity contribution in [3.05, 3.63) is 23.9 Å². The number of nitrogens with one attached hydrogen (secondary N) is 1. The van der Waals surface area contributed by atoms with Gasteiger partial charge in [0.05, 0.1) is 12.2 Å². The van der Waals surface area contributed by atoms with Gasteiger partial charge in [0.25, 0.3) is 0 Å². The second-order valence-corrected chi connectivity index (χ2v) is 11.9. The molecule has 4 aliphatic carbocycles. The van der Waals surface area contributed by atoms with E-state index in [2.05, 4.69) is 17.2 Å². The molecule has 5 heteroatoms. The van der Waals surface area contributed by atoms with Gasteiger partial charge in [-0.3, -0.25) is 4.79 Å². The van der Waals surface area contributed by atoms with Gasteiger partial charge in [-0.15, -0.1) is 0 Å². The molecule has 4 saturated carbocycles. The number of aromatic nitrogens is 1. The first-order valence-electron chi connectivity index (χ1n) is 13.4. The molecule has 1 aromatic rings. The molecule has 0 bridgehead atoms. The van der Waals surface area contributed by atoms with E-state index in [9.17, 15) is 9.90 Å². The molecule has 182 valence electrons. The number of hydrogen-bond donors (Lipinski definition) is 2. The third-order valence-electron chi connectivity index (χ3n) is 10.1. The number of rotatable bonds is 5. The monoisotopic (exact) mass is 454 g/mol. The summed E-state index contributed by atoms with van der Waals surface area (Å²) in [5.41, 5.74) is 0.418. The van der Waals surface area contributed by atoms with Crippen molar-refractivity contribution < 1.29 is 14.6 Å². The Balaban J connectivity index is 1.27. The van der Waals surface area contributed by atoms with Gasteiger partial charge in [0.15, 0.2) is 0 Å². The fraction of sp³-hybridized carbons (Fsp3) is 0.786. The number of ether oxygens (including phenoxy) is 1. The topological polar surface area (TPSA) is 71.5 Å². The molecule has 4 fully saturated rings. The van der Waals surface area contributed by atoms with E-state index in [-0.39, 0.29) is 17.2 Å². The molecule has 2 N–H and O–H groups in total. The Bertz CT molecular complexity index is 874. The largest absolute Gasteiger partial charge is 0.387 e. The van der Waals surface area contributed by atoms with E-state index in [1.807, 2.05) is 32.0 Å². The van der Waals surface area contributed by atoms with Gasteiger partial charge in [0, 0.05) is 18.2 Å². The van der Waals surface area contributed by atoms with Crippen LogP contribution < -0.4 is 5.32 Å². The van der Waals surface area contributed by atoms with E-state index in [4.69, 9.17) is 4.74 Å². The lowest BCUT2D eigenvalue weighted by Crippen LogP contribution is -2.52. The van der Waals surface area contributed by atoms with Crippen LogP contribution in [0.15, 0.2) is 18.2 Å². The van der Waals surface area contributed by atoms with Crippen molar-refractivity contribution in [2.24, 2.45) is 40.9 Å². The third kappa shape index (κ3) is 4.25. The molecule has 8 atom stereocenters. The molecule has 0 aliphatic heterocycles. The number of carbonyl (C=O) groups excluding carboxylic acids is 1. The molecular formula is C28H42N2O3. The van der Waals surface area contributed by atoms with Crippen molar-refractivity contribution in [3.8, 4) is 0 Å². The summed E-state index contributed by atoms with van der Waals surface area (Å²) in [6.07, 6.45) is 10.0. The predicted molar refractivity (Wildman–Crippen MR) is 130 cm³/mol. The molecule has 5 rings (SSSR count). The summed E-state index contributed by atoms with van der Waals surface area (Å²) in [5.74, 6) is 4.51. The van der Waals surface area contributed by atoms with Gasteiger partial charge in [0.2, 0.25) is 5.91 Å². The Hall–Kier alpha value is -1.46. The van der Waals surface area contributed by atoms with Gasteiger partial charge in [-0.25, -0.2) is 4.98 Å². The highest BCUT2D eigenvalue weighted by Crippen LogP contribution is 2.64. The SMILES string of the molecule is CCOCC1(O)CCC2C(CCC3C2CCC2(C)C(C(=O)Nc4cccc(C)n4)CCC32)C1. The molecular weight excluding hydrogens is 412 g/mol. The van der Waals surface area contributed by atoms with Crippen molar-refractivity contribution >= 4 is 11.7 Å². The Morgan fingerprint density at radius 3 is 2.73 bits per heavy atom. The first-order chi connectivity index (χ1) is 15.8. The maximum atomic E-state index is 13.3. The van der Waals surface area contributed by atoms with E-state index >= 15 is 0 Å². The van der Waals surface area contributed by atoms with Crippen LogP contribution in [0.5, 0.6) is 0 Å². The lowest BCUT2D eigenvalue weighted by Gasteiger charge is -2.57. The number of nitrogens with zero attached hydrogens (tertiary/aromatic N) is 1. The zero-order chi connectivity index (χ0) is 23.2. The number of aliphatic hydroxyl groups is 1. The normalized spacial score (nSPS) is 42.2.